The molecule has 1 heteroatoms. The van der Waals surface area contributed by atoms with E-state index in [1.54, 1.807) is 0 Å². The van der Waals surface area contributed by atoms with Crippen LogP contribution < -0.4 is 0 Å². The molecule has 28 heavy (non-hydrogen) atoms. The van der Waals surface area contributed by atoms with E-state index < -0.39 is 5.41 Å². The average molecular weight is 371 g/mol. The predicted molar refractivity (Wildman–Crippen MR) is 118 cm³/mol. The van der Waals surface area contributed by atoms with Gasteiger partial charge in [0.05, 0.1) is 5.41 Å². The van der Waals surface area contributed by atoms with E-state index in [9.17, 15) is 4.79 Å². The van der Waals surface area contributed by atoms with Crippen LogP contribution in [0.4, 0.5) is 0 Å². The molecule has 0 heterocycles. The number of Topliss-reactive ketones (excluding diaryl/α,β-unsaturated/α-hetero) is 1. The Kier molecular flexibility index (Phi) is 6.14. The zero-order valence-electron chi connectivity index (χ0n) is 17.2. The van der Waals surface area contributed by atoms with Gasteiger partial charge >= 0.3 is 0 Å². The first-order valence-corrected chi connectivity index (χ1v) is 10.2. The summed E-state index contributed by atoms with van der Waals surface area (Å²) in [7, 11) is 0. The summed E-state index contributed by atoms with van der Waals surface area (Å²) < 4.78 is 0. The summed E-state index contributed by atoms with van der Waals surface area (Å²) in [6.07, 6.45) is 2.37. The highest BCUT2D eigenvalue weighted by atomic mass is 16.1. The van der Waals surface area contributed by atoms with Crippen LogP contribution in [0.1, 0.15) is 56.7 Å². The second-order valence-corrected chi connectivity index (χ2v) is 8.24. The third kappa shape index (κ3) is 3.94. The Morgan fingerprint density at radius 1 is 0.679 bits per heavy atom. The first-order chi connectivity index (χ1) is 13.5. The molecule has 3 rings (SSSR count). The summed E-state index contributed by atoms with van der Waals surface area (Å²) in [5, 5.41) is 0. The van der Waals surface area contributed by atoms with Crippen molar-refractivity contribution < 1.29 is 4.79 Å². The molecule has 0 bridgehead atoms. The lowest BCUT2D eigenvalue weighted by atomic mass is 9.64. The van der Waals surface area contributed by atoms with Crippen LogP contribution in [0, 0.1) is 5.41 Å². The van der Waals surface area contributed by atoms with Crippen molar-refractivity contribution in [2.24, 2.45) is 5.41 Å². The molecule has 0 N–H and O–H groups in total. The van der Waals surface area contributed by atoms with Gasteiger partial charge in [-0.15, -0.1) is 0 Å². The molecule has 0 fully saturated rings. The molecule has 0 saturated carbocycles. The van der Waals surface area contributed by atoms with Crippen LogP contribution in [0.15, 0.2) is 91.0 Å². The second kappa shape index (κ2) is 8.56. The van der Waals surface area contributed by atoms with Gasteiger partial charge in [-0.3, -0.25) is 4.79 Å². The first-order valence-electron chi connectivity index (χ1n) is 10.2. The summed E-state index contributed by atoms with van der Waals surface area (Å²) >= 11 is 0. The van der Waals surface area contributed by atoms with Crippen LogP contribution in [0.25, 0.3) is 0 Å². The molecule has 0 unspecified atom stereocenters. The van der Waals surface area contributed by atoms with E-state index in [2.05, 4.69) is 93.6 Å². The largest absolute Gasteiger partial charge is 0.299 e. The van der Waals surface area contributed by atoms with Gasteiger partial charge in [0, 0.05) is 11.8 Å². The molecule has 1 nitrogen and oxygen atoms in total. The molecule has 0 saturated heterocycles. The molecule has 3 aromatic carbocycles. The fourth-order valence-electron chi connectivity index (χ4n) is 4.22. The minimum atomic E-state index is -0.494. The monoisotopic (exact) mass is 370 g/mol. The molecule has 0 amide bonds. The maximum atomic E-state index is 13.6. The van der Waals surface area contributed by atoms with Gasteiger partial charge < -0.3 is 0 Å². The van der Waals surface area contributed by atoms with Crippen molar-refractivity contribution in [1.82, 2.24) is 0 Å². The van der Waals surface area contributed by atoms with Crippen molar-refractivity contribution in [3.05, 3.63) is 108 Å². The zero-order valence-corrected chi connectivity index (χ0v) is 17.2. The van der Waals surface area contributed by atoms with Gasteiger partial charge in [0.1, 0.15) is 5.78 Å². The SMILES string of the molecule is CCCC(C)(C)C(=O)CC(c1ccccc1)(c1ccccc1)c1ccccc1. The lowest BCUT2D eigenvalue weighted by Crippen LogP contribution is -2.37. The first kappa shape index (κ1) is 20.1. The van der Waals surface area contributed by atoms with Crippen LogP contribution in [0.5, 0.6) is 0 Å². The number of rotatable bonds is 8. The fourth-order valence-corrected chi connectivity index (χ4v) is 4.22. The van der Waals surface area contributed by atoms with Gasteiger partial charge in [0.2, 0.25) is 0 Å². The maximum Gasteiger partial charge on any atom is 0.140 e. The van der Waals surface area contributed by atoms with Crippen LogP contribution in [-0.4, -0.2) is 5.78 Å². The smallest absolute Gasteiger partial charge is 0.140 e. The number of hydrogen-bond donors (Lipinski definition) is 0. The number of ketones is 1. The minimum Gasteiger partial charge on any atom is -0.299 e. The third-order valence-corrected chi connectivity index (χ3v) is 5.86. The third-order valence-electron chi connectivity index (χ3n) is 5.86. The molecule has 0 aliphatic carbocycles. The predicted octanol–water partition coefficient (Wildman–Crippen LogP) is 6.81. The summed E-state index contributed by atoms with van der Waals surface area (Å²) in [5.74, 6) is 0.311. The van der Waals surface area contributed by atoms with Gasteiger partial charge in [-0.1, -0.05) is 118 Å². The van der Waals surface area contributed by atoms with Crippen molar-refractivity contribution in [3.63, 3.8) is 0 Å². The molecule has 144 valence electrons. The summed E-state index contributed by atoms with van der Waals surface area (Å²) in [4.78, 5) is 13.6. The van der Waals surface area contributed by atoms with E-state index >= 15 is 0 Å². The summed E-state index contributed by atoms with van der Waals surface area (Å²) in [6.45, 7) is 6.32. The Bertz CT molecular complexity index is 783. The van der Waals surface area contributed by atoms with Gasteiger partial charge in [-0.05, 0) is 23.1 Å². The molecule has 0 atom stereocenters. The lowest BCUT2D eigenvalue weighted by molar-refractivity contribution is -0.128. The normalized spacial score (nSPS) is 12.0. The van der Waals surface area contributed by atoms with Gasteiger partial charge in [0.25, 0.3) is 0 Å². The number of benzene rings is 3. The zero-order chi connectivity index (χ0) is 20.0. The topological polar surface area (TPSA) is 17.1 Å². The van der Waals surface area contributed by atoms with Crippen molar-refractivity contribution in [3.8, 4) is 0 Å². The van der Waals surface area contributed by atoms with E-state index in [0.717, 1.165) is 29.5 Å². The van der Waals surface area contributed by atoms with Gasteiger partial charge in [-0.2, -0.15) is 0 Å². The molecule has 0 aliphatic rings. The van der Waals surface area contributed by atoms with E-state index in [1.807, 2.05) is 18.2 Å². The van der Waals surface area contributed by atoms with Crippen LogP contribution >= 0.6 is 0 Å². The minimum absolute atomic E-state index is 0.311. The lowest BCUT2D eigenvalue weighted by Gasteiger charge is -2.38. The summed E-state index contributed by atoms with van der Waals surface area (Å²) in [6, 6.07) is 31.4. The van der Waals surface area contributed by atoms with E-state index in [0.29, 0.717) is 12.2 Å². The van der Waals surface area contributed by atoms with Gasteiger partial charge in [0.15, 0.2) is 0 Å². The molecular formula is C27H30O. The van der Waals surface area contributed by atoms with E-state index in [4.69, 9.17) is 0 Å². The number of carbonyl (C=O) groups excluding carboxylic acids is 1. The second-order valence-electron chi connectivity index (χ2n) is 8.24. The fraction of sp³-hybridized carbons (Fsp3) is 0.296. The molecule has 0 aliphatic heterocycles. The number of hydrogen-bond acceptors (Lipinski definition) is 1. The average Bonchev–Trinajstić information content (AvgIpc) is 2.73. The Labute approximate surface area is 169 Å². The Morgan fingerprint density at radius 2 is 1.04 bits per heavy atom. The highest BCUT2D eigenvalue weighted by Crippen LogP contribution is 2.44. The quantitative estimate of drug-likeness (QED) is 0.398. The molecule has 0 aromatic heterocycles. The van der Waals surface area contributed by atoms with Crippen LogP contribution in [0.2, 0.25) is 0 Å². The standard InChI is InChI=1S/C27H30O/c1-4-20-26(2,3)25(28)21-27(22-14-8-5-9-15-22,23-16-10-6-11-17-23)24-18-12-7-13-19-24/h5-19H,4,20-21H2,1-3H3. The van der Waals surface area contributed by atoms with E-state index in [-0.39, 0.29) is 5.41 Å². The highest BCUT2D eigenvalue weighted by Gasteiger charge is 2.41. The summed E-state index contributed by atoms with van der Waals surface area (Å²) in [5.41, 5.74) is 2.65. The van der Waals surface area contributed by atoms with Crippen molar-refractivity contribution in [1.29, 1.82) is 0 Å². The van der Waals surface area contributed by atoms with Crippen molar-refractivity contribution >= 4 is 5.78 Å². The number of carbonyl (C=O) groups is 1. The molecular weight excluding hydrogens is 340 g/mol. The van der Waals surface area contributed by atoms with Crippen LogP contribution in [0.3, 0.4) is 0 Å². The Hall–Kier alpha value is -2.67. The van der Waals surface area contributed by atoms with Crippen molar-refractivity contribution in [2.75, 3.05) is 0 Å². The highest BCUT2D eigenvalue weighted by molar-refractivity contribution is 5.87. The molecule has 0 radical (unpaired) electrons. The molecule has 3 aromatic rings. The van der Waals surface area contributed by atoms with E-state index in [1.165, 1.54) is 0 Å². The van der Waals surface area contributed by atoms with Crippen molar-refractivity contribution in [2.45, 2.75) is 45.4 Å². The van der Waals surface area contributed by atoms with Crippen LogP contribution in [-0.2, 0) is 10.2 Å². The Balaban J connectivity index is 2.24. The molecule has 0 spiro atoms. The maximum absolute atomic E-state index is 13.6. The van der Waals surface area contributed by atoms with Gasteiger partial charge in [-0.25, -0.2) is 0 Å². The Morgan fingerprint density at radius 3 is 1.36 bits per heavy atom.